The molecule has 2 rings (SSSR count). The summed E-state index contributed by atoms with van der Waals surface area (Å²) in [5.41, 5.74) is 7.55. The molecule has 0 fully saturated rings. The molecule has 0 aliphatic heterocycles. The van der Waals surface area contributed by atoms with E-state index in [4.69, 9.17) is 15.7 Å². The first kappa shape index (κ1) is 10.9. The van der Waals surface area contributed by atoms with E-state index in [1.165, 1.54) is 12.4 Å². The summed E-state index contributed by atoms with van der Waals surface area (Å²) in [4.78, 5) is 7.81. The van der Waals surface area contributed by atoms with Crippen LogP contribution in [0.15, 0.2) is 36.7 Å². The van der Waals surface area contributed by atoms with Gasteiger partial charge in [0.05, 0.1) is 12.4 Å². The molecule has 2 aromatic rings. The minimum atomic E-state index is 0.268. The zero-order valence-corrected chi connectivity index (χ0v) is 9.00. The minimum absolute atomic E-state index is 0.268. The zero-order chi connectivity index (χ0) is 12.1. The summed E-state index contributed by atoms with van der Waals surface area (Å²) in [5, 5.41) is 8.56. The van der Waals surface area contributed by atoms with Crippen LogP contribution < -0.4 is 10.5 Å². The van der Waals surface area contributed by atoms with Crippen LogP contribution in [0.4, 0.5) is 5.69 Å². The largest absolute Gasteiger partial charge is 0.472 e. The molecule has 5 heteroatoms. The summed E-state index contributed by atoms with van der Waals surface area (Å²) in [6, 6.07) is 9.27. The molecule has 0 saturated carbocycles. The fourth-order valence-electron chi connectivity index (χ4n) is 1.22. The van der Waals surface area contributed by atoms with Gasteiger partial charge in [-0.05, 0) is 17.7 Å². The van der Waals surface area contributed by atoms with Crippen molar-refractivity contribution in [1.82, 2.24) is 9.97 Å². The third-order valence-electron chi connectivity index (χ3n) is 2.11. The van der Waals surface area contributed by atoms with Gasteiger partial charge in [0.25, 0.3) is 0 Å². The van der Waals surface area contributed by atoms with E-state index < -0.39 is 0 Å². The Kier molecular flexibility index (Phi) is 3.17. The molecule has 0 amide bonds. The van der Waals surface area contributed by atoms with Crippen molar-refractivity contribution in [1.29, 1.82) is 5.26 Å². The van der Waals surface area contributed by atoms with Crippen molar-refractivity contribution < 1.29 is 4.74 Å². The van der Waals surface area contributed by atoms with Crippen molar-refractivity contribution >= 4 is 5.69 Å². The lowest BCUT2D eigenvalue weighted by atomic mass is 10.2. The fourth-order valence-corrected chi connectivity index (χ4v) is 1.22. The number of anilines is 1. The lowest BCUT2D eigenvalue weighted by Gasteiger charge is -2.04. The molecular weight excluding hydrogens is 216 g/mol. The Balaban J connectivity index is 1.98. The first-order valence-electron chi connectivity index (χ1n) is 4.97. The van der Waals surface area contributed by atoms with Gasteiger partial charge in [0.1, 0.15) is 12.7 Å². The monoisotopic (exact) mass is 226 g/mol. The Hall–Kier alpha value is -2.61. The Morgan fingerprint density at radius 3 is 2.53 bits per heavy atom. The van der Waals surface area contributed by atoms with Crippen molar-refractivity contribution in [2.24, 2.45) is 0 Å². The van der Waals surface area contributed by atoms with Gasteiger partial charge in [0, 0.05) is 5.69 Å². The number of hydrogen-bond donors (Lipinski definition) is 1. The highest BCUT2D eigenvalue weighted by molar-refractivity contribution is 5.39. The van der Waals surface area contributed by atoms with Crippen molar-refractivity contribution in [2.45, 2.75) is 6.61 Å². The van der Waals surface area contributed by atoms with Crippen molar-refractivity contribution in [2.75, 3.05) is 5.73 Å². The maximum Gasteiger partial charge on any atom is 0.232 e. The van der Waals surface area contributed by atoms with E-state index in [0.29, 0.717) is 18.2 Å². The molecule has 2 N–H and O–H groups in total. The molecule has 0 bridgehead atoms. The standard InChI is InChI=1S/C12H10N4O/c13-5-11-6-16-12(7-15-11)17-8-9-1-3-10(14)4-2-9/h1-4,6-7H,8,14H2. The molecule has 1 heterocycles. The van der Waals surface area contributed by atoms with Gasteiger partial charge >= 0.3 is 0 Å². The molecule has 0 spiro atoms. The van der Waals surface area contributed by atoms with Crippen LogP contribution in [0, 0.1) is 11.3 Å². The van der Waals surface area contributed by atoms with Crippen molar-refractivity contribution in [3.8, 4) is 11.9 Å². The van der Waals surface area contributed by atoms with Crippen molar-refractivity contribution in [3.63, 3.8) is 0 Å². The van der Waals surface area contributed by atoms with E-state index in [9.17, 15) is 0 Å². The summed E-state index contributed by atoms with van der Waals surface area (Å²) in [6.07, 6.45) is 2.80. The molecule has 0 aliphatic rings. The van der Waals surface area contributed by atoms with Gasteiger partial charge in [0.2, 0.25) is 5.88 Å². The lowest BCUT2D eigenvalue weighted by molar-refractivity contribution is 0.292. The van der Waals surface area contributed by atoms with Gasteiger partial charge < -0.3 is 10.5 Å². The van der Waals surface area contributed by atoms with E-state index in [0.717, 1.165) is 5.56 Å². The lowest BCUT2D eigenvalue weighted by Crippen LogP contribution is -1.98. The second-order valence-corrected chi connectivity index (χ2v) is 3.38. The van der Waals surface area contributed by atoms with Crippen LogP contribution in [0.25, 0.3) is 0 Å². The molecule has 84 valence electrons. The maximum atomic E-state index is 8.56. The normalized spacial score (nSPS) is 9.59. The Morgan fingerprint density at radius 1 is 1.18 bits per heavy atom. The first-order valence-corrected chi connectivity index (χ1v) is 4.97. The predicted molar refractivity (Wildman–Crippen MR) is 61.9 cm³/mol. The summed E-state index contributed by atoms with van der Waals surface area (Å²) in [6.45, 7) is 0.390. The highest BCUT2D eigenvalue weighted by Gasteiger charge is 1.98. The average molecular weight is 226 g/mol. The first-order chi connectivity index (χ1) is 8.28. The van der Waals surface area contributed by atoms with Crippen molar-refractivity contribution in [3.05, 3.63) is 47.9 Å². The van der Waals surface area contributed by atoms with E-state index in [1.54, 1.807) is 0 Å². The van der Waals surface area contributed by atoms with Crippen LogP contribution in [0.3, 0.4) is 0 Å². The van der Waals surface area contributed by atoms with E-state index in [-0.39, 0.29) is 5.69 Å². The second kappa shape index (κ2) is 4.94. The number of nitrogens with zero attached hydrogens (tertiary/aromatic N) is 3. The molecule has 0 saturated heterocycles. The number of nitrogen functional groups attached to an aromatic ring is 1. The van der Waals surface area contributed by atoms with Gasteiger partial charge in [-0.2, -0.15) is 5.26 Å². The van der Waals surface area contributed by atoms with E-state index >= 15 is 0 Å². The number of aromatic nitrogens is 2. The van der Waals surface area contributed by atoms with E-state index in [1.807, 2.05) is 30.3 Å². The van der Waals surface area contributed by atoms with Gasteiger partial charge in [-0.1, -0.05) is 12.1 Å². The number of nitrogens with two attached hydrogens (primary N) is 1. The number of nitriles is 1. The molecule has 1 aromatic carbocycles. The summed E-state index contributed by atoms with van der Waals surface area (Å²) in [7, 11) is 0. The number of rotatable bonds is 3. The van der Waals surface area contributed by atoms with Crippen LogP contribution in [0.5, 0.6) is 5.88 Å². The number of ether oxygens (including phenoxy) is 1. The number of benzene rings is 1. The third kappa shape index (κ3) is 2.92. The minimum Gasteiger partial charge on any atom is -0.472 e. The SMILES string of the molecule is N#Cc1cnc(OCc2ccc(N)cc2)cn1. The van der Waals surface area contributed by atoms with Crippen LogP contribution in [-0.2, 0) is 6.61 Å². The second-order valence-electron chi connectivity index (χ2n) is 3.38. The van der Waals surface area contributed by atoms with E-state index in [2.05, 4.69) is 9.97 Å². The molecular formula is C12H10N4O. The summed E-state index contributed by atoms with van der Waals surface area (Å²) in [5.74, 6) is 0.390. The van der Waals surface area contributed by atoms with Gasteiger partial charge in [0.15, 0.2) is 5.69 Å². The Morgan fingerprint density at radius 2 is 1.94 bits per heavy atom. The van der Waals surface area contributed by atoms with Gasteiger partial charge in [-0.3, -0.25) is 0 Å². The predicted octanol–water partition coefficient (Wildman–Crippen LogP) is 1.51. The smallest absolute Gasteiger partial charge is 0.232 e. The Labute approximate surface area is 98.5 Å². The topological polar surface area (TPSA) is 84.8 Å². The molecule has 0 unspecified atom stereocenters. The highest BCUT2D eigenvalue weighted by Crippen LogP contribution is 2.09. The number of hydrogen-bond acceptors (Lipinski definition) is 5. The molecule has 17 heavy (non-hydrogen) atoms. The Bertz CT molecular complexity index is 528. The van der Waals surface area contributed by atoms with Crippen LogP contribution in [-0.4, -0.2) is 9.97 Å². The van der Waals surface area contributed by atoms with Gasteiger partial charge in [-0.25, -0.2) is 9.97 Å². The molecule has 0 atom stereocenters. The zero-order valence-electron chi connectivity index (χ0n) is 9.00. The maximum absolute atomic E-state index is 8.56. The summed E-state index contributed by atoms with van der Waals surface area (Å²) >= 11 is 0. The molecule has 1 aromatic heterocycles. The molecule has 0 aliphatic carbocycles. The summed E-state index contributed by atoms with van der Waals surface area (Å²) < 4.78 is 5.41. The third-order valence-corrected chi connectivity index (χ3v) is 2.11. The molecule has 5 nitrogen and oxygen atoms in total. The highest BCUT2D eigenvalue weighted by atomic mass is 16.5. The fraction of sp³-hybridized carbons (Fsp3) is 0.0833. The quantitative estimate of drug-likeness (QED) is 0.802. The average Bonchev–Trinajstić information content (AvgIpc) is 2.39. The molecule has 0 radical (unpaired) electrons. The van der Waals surface area contributed by atoms with Crippen LogP contribution in [0.1, 0.15) is 11.3 Å². The van der Waals surface area contributed by atoms with Crippen LogP contribution >= 0.6 is 0 Å². The van der Waals surface area contributed by atoms with Gasteiger partial charge in [-0.15, -0.1) is 0 Å². The van der Waals surface area contributed by atoms with Crippen LogP contribution in [0.2, 0.25) is 0 Å².